The average molecular weight is 491 g/mol. The predicted octanol–water partition coefficient (Wildman–Crippen LogP) is 5.18. The van der Waals surface area contributed by atoms with E-state index in [4.69, 9.17) is 14.6 Å². The first-order valence-corrected chi connectivity index (χ1v) is 12.5. The van der Waals surface area contributed by atoms with Crippen molar-refractivity contribution < 1.29 is 14.3 Å². The van der Waals surface area contributed by atoms with Crippen LogP contribution < -0.4 is 9.47 Å². The van der Waals surface area contributed by atoms with Crippen LogP contribution in [0.5, 0.6) is 11.5 Å². The van der Waals surface area contributed by atoms with E-state index in [1.807, 2.05) is 60.0 Å². The van der Waals surface area contributed by atoms with Gasteiger partial charge in [0.15, 0.2) is 11.5 Å². The van der Waals surface area contributed by atoms with Crippen LogP contribution >= 0.6 is 23.1 Å². The van der Waals surface area contributed by atoms with E-state index in [0.29, 0.717) is 17.9 Å². The van der Waals surface area contributed by atoms with Crippen molar-refractivity contribution in [3.8, 4) is 11.5 Å². The molecule has 1 amide bonds. The maximum absolute atomic E-state index is 13.4. The fraction of sp³-hybridized carbons (Fsp3) is 0.200. The summed E-state index contributed by atoms with van der Waals surface area (Å²) in [6, 6.07) is 17.3. The van der Waals surface area contributed by atoms with Gasteiger partial charge in [0.05, 0.1) is 42.1 Å². The largest absolute Gasteiger partial charge is 0.493 e. The number of hydrogen-bond donors (Lipinski definition) is 0. The second-order valence-corrected chi connectivity index (χ2v) is 9.49. The van der Waals surface area contributed by atoms with Gasteiger partial charge >= 0.3 is 0 Å². The molecule has 1 aliphatic heterocycles. The molecule has 0 saturated carbocycles. The van der Waals surface area contributed by atoms with E-state index in [2.05, 4.69) is 9.97 Å². The standard InChI is InChI=1S/C25H22N4O3S2/c1-31-21-10-9-16(12-22(21)32-2)20-13-19(23-8-5-11-33-23)28-29(20)24(30)14-34-25-17-6-3-4-7-18(17)26-15-27-25/h3-12,15,20H,13-14H2,1-2H3. The number of hydrazone groups is 1. The first kappa shape index (κ1) is 22.4. The number of nitrogens with zero attached hydrogens (tertiary/aromatic N) is 4. The fourth-order valence-electron chi connectivity index (χ4n) is 3.94. The molecule has 0 saturated heterocycles. The summed E-state index contributed by atoms with van der Waals surface area (Å²) in [6.07, 6.45) is 2.16. The molecule has 1 atom stereocenters. The number of para-hydroxylation sites is 1. The number of benzene rings is 2. The molecular formula is C25H22N4O3S2. The van der Waals surface area contributed by atoms with E-state index in [0.717, 1.165) is 32.1 Å². The van der Waals surface area contributed by atoms with Crippen LogP contribution in [0.4, 0.5) is 0 Å². The smallest absolute Gasteiger partial charge is 0.253 e. The lowest BCUT2D eigenvalue weighted by Crippen LogP contribution is -2.28. The molecule has 5 rings (SSSR count). The molecule has 0 radical (unpaired) electrons. The molecule has 172 valence electrons. The second kappa shape index (κ2) is 9.82. The van der Waals surface area contributed by atoms with Crippen molar-refractivity contribution in [1.82, 2.24) is 15.0 Å². The zero-order chi connectivity index (χ0) is 23.5. The molecule has 4 aromatic rings. The molecule has 0 N–H and O–H groups in total. The van der Waals surface area contributed by atoms with Crippen molar-refractivity contribution in [2.45, 2.75) is 17.5 Å². The Morgan fingerprint density at radius 1 is 1.09 bits per heavy atom. The van der Waals surface area contributed by atoms with E-state index in [-0.39, 0.29) is 17.7 Å². The minimum absolute atomic E-state index is 0.0842. The van der Waals surface area contributed by atoms with Crippen molar-refractivity contribution in [3.63, 3.8) is 0 Å². The van der Waals surface area contributed by atoms with Crippen LogP contribution in [-0.4, -0.2) is 46.6 Å². The van der Waals surface area contributed by atoms with Gasteiger partial charge in [-0.1, -0.05) is 42.1 Å². The van der Waals surface area contributed by atoms with Crippen molar-refractivity contribution >= 4 is 45.6 Å². The SMILES string of the molecule is COc1ccc(C2CC(c3cccs3)=NN2C(=O)CSc2ncnc3ccccc23)cc1OC. The Hall–Kier alpha value is -3.43. The number of rotatable bonds is 7. The summed E-state index contributed by atoms with van der Waals surface area (Å²) in [5.41, 5.74) is 2.70. The number of carbonyl (C=O) groups is 1. The molecule has 0 spiro atoms. The fourth-order valence-corrected chi connectivity index (χ4v) is 5.51. The van der Waals surface area contributed by atoms with E-state index in [1.54, 1.807) is 30.6 Å². The second-order valence-electron chi connectivity index (χ2n) is 7.58. The highest BCUT2D eigenvalue weighted by molar-refractivity contribution is 8.00. The van der Waals surface area contributed by atoms with E-state index >= 15 is 0 Å². The third-order valence-electron chi connectivity index (χ3n) is 5.60. The van der Waals surface area contributed by atoms with E-state index in [9.17, 15) is 4.79 Å². The quantitative estimate of drug-likeness (QED) is 0.262. The first-order valence-electron chi connectivity index (χ1n) is 10.7. The number of hydrogen-bond acceptors (Lipinski definition) is 8. The maximum atomic E-state index is 13.4. The summed E-state index contributed by atoms with van der Waals surface area (Å²) in [4.78, 5) is 23.2. The lowest BCUT2D eigenvalue weighted by Gasteiger charge is -2.23. The molecule has 1 aliphatic rings. The van der Waals surface area contributed by atoms with Crippen LogP contribution in [0.15, 0.2) is 76.4 Å². The summed E-state index contributed by atoms with van der Waals surface area (Å²) in [6.45, 7) is 0. The van der Waals surface area contributed by atoms with Gasteiger partial charge in [-0.2, -0.15) is 5.10 Å². The van der Waals surface area contributed by atoms with Gasteiger partial charge < -0.3 is 9.47 Å². The number of thiophene rings is 1. The highest BCUT2D eigenvalue weighted by Crippen LogP contribution is 2.38. The Morgan fingerprint density at radius 3 is 2.74 bits per heavy atom. The normalized spacial score (nSPS) is 15.4. The summed E-state index contributed by atoms with van der Waals surface area (Å²) in [5.74, 6) is 1.40. The third kappa shape index (κ3) is 4.36. The Morgan fingerprint density at radius 2 is 1.94 bits per heavy atom. The third-order valence-corrected chi connectivity index (χ3v) is 7.51. The lowest BCUT2D eigenvalue weighted by molar-refractivity contribution is -0.130. The Bertz CT molecular complexity index is 1350. The van der Waals surface area contributed by atoms with Crippen molar-refractivity contribution in [1.29, 1.82) is 0 Å². The van der Waals surface area contributed by atoms with Crippen LogP contribution in [0, 0.1) is 0 Å². The minimum atomic E-state index is -0.229. The van der Waals surface area contributed by atoms with Gasteiger partial charge in [-0.3, -0.25) is 4.79 Å². The number of fused-ring (bicyclic) bond motifs is 1. The van der Waals surface area contributed by atoms with Crippen LogP contribution in [0.2, 0.25) is 0 Å². The molecule has 2 aromatic heterocycles. The zero-order valence-electron chi connectivity index (χ0n) is 18.7. The summed E-state index contributed by atoms with van der Waals surface area (Å²) in [5, 5.41) is 10.1. The predicted molar refractivity (Wildman–Crippen MR) is 135 cm³/mol. The van der Waals surface area contributed by atoms with Gasteiger partial charge in [0, 0.05) is 11.8 Å². The molecule has 2 aromatic carbocycles. The van der Waals surface area contributed by atoms with E-state index in [1.165, 1.54) is 18.1 Å². The van der Waals surface area contributed by atoms with Gasteiger partial charge in [0.1, 0.15) is 11.4 Å². The molecule has 1 unspecified atom stereocenters. The van der Waals surface area contributed by atoms with Gasteiger partial charge in [0.25, 0.3) is 5.91 Å². The van der Waals surface area contributed by atoms with Crippen molar-refractivity contribution in [3.05, 3.63) is 76.7 Å². The van der Waals surface area contributed by atoms with E-state index < -0.39 is 0 Å². The molecule has 34 heavy (non-hydrogen) atoms. The van der Waals surface area contributed by atoms with Crippen LogP contribution in [0.3, 0.4) is 0 Å². The number of thioether (sulfide) groups is 1. The van der Waals surface area contributed by atoms with Crippen molar-refractivity contribution in [2.75, 3.05) is 20.0 Å². The minimum Gasteiger partial charge on any atom is -0.493 e. The van der Waals surface area contributed by atoms with Gasteiger partial charge in [-0.15, -0.1) is 11.3 Å². The summed E-state index contributed by atoms with van der Waals surface area (Å²) >= 11 is 3.02. The molecular weight excluding hydrogens is 468 g/mol. The van der Waals surface area contributed by atoms with Gasteiger partial charge in [-0.05, 0) is 35.2 Å². The van der Waals surface area contributed by atoms with Crippen LogP contribution in [0.1, 0.15) is 22.9 Å². The molecule has 7 nitrogen and oxygen atoms in total. The Labute approximate surface area is 205 Å². The van der Waals surface area contributed by atoms with Crippen molar-refractivity contribution in [2.24, 2.45) is 5.10 Å². The maximum Gasteiger partial charge on any atom is 0.253 e. The molecule has 0 fully saturated rings. The number of amides is 1. The highest BCUT2D eigenvalue weighted by Gasteiger charge is 2.34. The molecule has 9 heteroatoms. The topological polar surface area (TPSA) is 76.9 Å². The zero-order valence-corrected chi connectivity index (χ0v) is 20.3. The number of carbonyl (C=O) groups excluding carboxylic acids is 1. The number of methoxy groups -OCH3 is 2. The number of ether oxygens (including phenoxy) is 2. The van der Waals surface area contributed by atoms with Gasteiger partial charge in [0.2, 0.25) is 0 Å². The summed E-state index contributed by atoms with van der Waals surface area (Å²) < 4.78 is 10.9. The lowest BCUT2D eigenvalue weighted by atomic mass is 10.0. The average Bonchev–Trinajstić information content (AvgIpc) is 3.57. The number of aromatic nitrogens is 2. The Balaban J connectivity index is 1.43. The molecule has 0 aliphatic carbocycles. The van der Waals surface area contributed by atoms with Gasteiger partial charge in [-0.25, -0.2) is 15.0 Å². The first-order chi connectivity index (χ1) is 16.7. The molecule has 3 heterocycles. The van der Waals surface area contributed by atoms with Crippen LogP contribution in [-0.2, 0) is 4.79 Å². The Kier molecular flexibility index (Phi) is 6.46. The molecule has 0 bridgehead atoms. The monoisotopic (exact) mass is 490 g/mol. The summed E-state index contributed by atoms with van der Waals surface area (Å²) in [7, 11) is 3.21. The highest BCUT2D eigenvalue weighted by atomic mass is 32.2. The van der Waals surface area contributed by atoms with Crippen LogP contribution in [0.25, 0.3) is 10.9 Å².